The number of hydrogen-bond donors (Lipinski definition) is 1. The maximum absolute atomic E-state index is 5.84. The van der Waals surface area contributed by atoms with E-state index in [-0.39, 0.29) is 0 Å². The molecule has 2 bridgehead atoms. The predicted octanol–water partition coefficient (Wildman–Crippen LogP) is 5.09. The molecule has 1 fully saturated rings. The Bertz CT molecular complexity index is 886. The fourth-order valence-corrected chi connectivity index (χ4v) is 4.90. The van der Waals surface area contributed by atoms with Crippen LogP contribution in [0.3, 0.4) is 0 Å². The Morgan fingerprint density at radius 3 is 2.73 bits per heavy atom. The summed E-state index contributed by atoms with van der Waals surface area (Å²) < 4.78 is 5.84. The van der Waals surface area contributed by atoms with E-state index in [0.717, 1.165) is 24.8 Å². The van der Waals surface area contributed by atoms with Crippen LogP contribution in [0, 0.1) is 0 Å². The number of hydrogen-bond acceptors (Lipinski definition) is 2. The SMILES string of the molecule is c1ccc(OCCCCN2[C@H]3CC[C@@H]2c2c([nH]c4ccccc24)C3)cc1. The van der Waals surface area contributed by atoms with Crippen molar-refractivity contribution in [2.45, 2.75) is 44.2 Å². The second kappa shape index (κ2) is 6.81. The number of para-hydroxylation sites is 2. The highest BCUT2D eigenvalue weighted by molar-refractivity contribution is 5.85. The lowest BCUT2D eigenvalue weighted by atomic mass is 9.96. The first-order valence-electron chi connectivity index (χ1n) is 9.93. The van der Waals surface area contributed by atoms with Gasteiger partial charge in [-0.05, 0) is 56.0 Å². The molecule has 1 N–H and O–H groups in total. The zero-order valence-corrected chi connectivity index (χ0v) is 15.2. The fourth-order valence-electron chi connectivity index (χ4n) is 4.90. The summed E-state index contributed by atoms with van der Waals surface area (Å²) in [5.74, 6) is 0.981. The molecule has 2 atom stereocenters. The molecule has 0 unspecified atom stereocenters. The molecule has 5 rings (SSSR count). The molecule has 0 aliphatic carbocycles. The summed E-state index contributed by atoms with van der Waals surface area (Å²) in [6.45, 7) is 2.00. The van der Waals surface area contributed by atoms with Gasteiger partial charge in [-0.25, -0.2) is 0 Å². The average molecular weight is 346 g/mol. The third-order valence-electron chi connectivity index (χ3n) is 6.07. The van der Waals surface area contributed by atoms with Crippen LogP contribution in [0.2, 0.25) is 0 Å². The second-order valence-electron chi connectivity index (χ2n) is 7.62. The molecule has 1 aromatic heterocycles. The van der Waals surface area contributed by atoms with Crippen LogP contribution >= 0.6 is 0 Å². The van der Waals surface area contributed by atoms with Crippen LogP contribution in [0.1, 0.15) is 43.0 Å². The van der Waals surface area contributed by atoms with Gasteiger partial charge in [-0.2, -0.15) is 0 Å². The van der Waals surface area contributed by atoms with Gasteiger partial charge >= 0.3 is 0 Å². The average Bonchev–Trinajstić information content (AvgIpc) is 3.18. The van der Waals surface area contributed by atoms with E-state index in [1.54, 1.807) is 5.56 Å². The van der Waals surface area contributed by atoms with E-state index in [1.807, 2.05) is 30.3 Å². The molecule has 0 radical (unpaired) electrons. The van der Waals surface area contributed by atoms with Gasteiger partial charge in [-0.3, -0.25) is 4.90 Å². The van der Waals surface area contributed by atoms with Gasteiger partial charge in [-0.15, -0.1) is 0 Å². The minimum absolute atomic E-state index is 0.606. The number of aromatic amines is 1. The zero-order chi connectivity index (χ0) is 17.3. The Balaban J connectivity index is 1.22. The number of nitrogens with zero attached hydrogens (tertiary/aromatic N) is 1. The number of H-pyrrole nitrogens is 1. The van der Waals surface area contributed by atoms with E-state index in [1.165, 1.54) is 48.8 Å². The third-order valence-corrected chi connectivity index (χ3v) is 6.07. The highest BCUT2D eigenvalue weighted by Crippen LogP contribution is 2.46. The van der Waals surface area contributed by atoms with Gasteiger partial charge < -0.3 is 9.72 Å². The van der Waals surface area contributed by atoms with Crippen LogP contribution < -0.4 is 4.74 Å². The smallest absolute Gasteiger partial charge is 0.119 e. The van der Waals surface area contributed by atoms with Crippen molar-refractivity contribution >= 4 is 10.9 Å². The van der Waals surface area contributed by atoms with E-state index in [9.17, 15) is 0 Å². The Kier molecular flexibility index (Phi) is 4.18. The van der Waals surface area contributed by atoms with Crippen LogP contribution in [0.5, 0.6) is 5.75 Å². The molecule has 1 saturated heterocycles. The van der Waals surface area contributed by atoms with Gasteiger partial charge in [-0.1, -0.05) is 36.4 Å². The van der Waals surface area contributed by atoms with Gasteiger partial charge in [0, 0.05) is 35.1 Å². The summed E-state index contributed by atoms with van der Waals surface area (Å²) in [6.07, 6.45) is 6.15. The van der Waals surface area contributed by atoms with E-state index < -0.39 is 0 Å². The number of nitrogens with one attached hydrogen (secondary N) is 1. The summed E-state index contributed by atoms with van der Waals surface area (Å²) in [6, 6.07) is 20.3. The molecule has 2 aliphatic heterocycles. The Morgan fingerprint density at radius 2 is 1.81 bits per heavy atom. The summed E-state index contributed by atoms with van der Waals surface area (Å²) in [7, 11) is 0. The second-order valence-corrected chi connectivity index (χ2v) is 7.62. The van der Waals surface area contributed by atoms with Gasteiger partial charge in [0.25, 0.3) is 0 Å². The molecule has 2 aliphatic rings. The Morgan fingerprint density at radius 1 is 0.962 bits per heavy atom. The molecule has 3 heteroatoms. The molecule has 0 amide bonds. The molecule has 3 heterocycles. The van der Waals surface area contributed by atoms with Crippen LogP contribution in [-0.2, 0) is 6.42 Å². The number of ether oxygens (including phenoxy) is 1. The van der Waals surface area contributed by atoms with Gasteiger partial charge in [0.15, 0.2) is 0 Å². The van der Waals surface area contributed by atoms with Crippen molar-refractivity contribution < 1.29 is 4.74 Å². The standard InChI is InChI=1S/C23H26N2O/c1-2-8-18(9-3-1)26-15-7-6-14-25-17-12-13-22(25)23-19-10-4-5-11-20(19)24-21(23)16-17/h1-5,8-11,17,22,24H,6-7,12-16H2/t17-,22+/m0/s1. The number of benzene rings is 2. The summed E-state index contributed by atoms with van der Waals surface area (Å²) in [5.41, 5.74) is 4.37. The molecular formula is C23H26N2O. The molecule has 0 spiro atoms. The zero-order valence-electron chi connectivity index (χ0n) is 15.2. The lowest BCUT2D eigenvalue weighted by molar-refractivity contribution is 0.169. The monoisotopic (exact) mass is 346 g/mol. The largest absolute Gasteiger partial charge is 0.494 e. The first kappa shape index (κ1) is 16.0. The predicted molar refractivity (Wildman–Crippen MR) is 106 cm³/mol. The van der Waals surface area contributed by atoms with Crippen LogP contribution in [0.4, 0.5) is 0 Å². The number of fused-ring (bicyclic) bond motifs is 6. The normalized spacial score (nSPS) is 21.8. The molecule has 2 aromatic carbocycles. The van der Waals surface area contributed by atoms with Crippen LogP contribution in [-0.4, -0.2) is 29.1 Å². The first-order valence-corrected chi connectivity index (χ1v) is 9.93. The summed E-state index contributed by atoms with van der Waals surface area (Å²) in [5, 5.41) is 1.44. The van der Waals surface area contributed by atoms with Crippen LogP contribution in [0.25, 0.3) is 10.9 Å². The highest BCUT2D eigenvalue weighted by Gasteiger charge is 2.41. The molecule has 26 heavy (non-hydrogen) atoms. The number of unbranched alkanes of at least 4 members (excludes halogenated alkanes) is 1. The number of rotatable bonds is 6. The molecular weight excluding hydrogens is 320 g/mol. The lowest BCUT2D eigenvalue weighted by Gasteiger charge is -2.35. The summed E-state index contributed by atoms with van der Waals surface area (Å²) >= 11 is 0. The van der Waals surface area contributed by atoms with E-state index in [2.05, 4.69) is 34.1 Å². The Hall–Kier alpha value is -2.26. The maximum atomic E-state index is 5.84. The van der Waals surface area contributed by atoms with Crippen molar-refractivity contribution in [1.29, 1.82) is 0 Å². The first-order chi connectivity index (χ1) is 12.9. The van der Waals surface area contributed by atoms with Crippen molar-refractivity contribution in [1.82, 2.24) is 9.88 Å². The quantitative estimate of drug-likeness (QED) is 0.630. The third kappa shape index (κ3) is 2.80. The number of aromatic nitrogens is 1. The van der Waals surface area contributed by atoms with Gasteiger partial charge in [0.2, 0.25) is 0 Å². The summed E-state index contributed by atoms with van der Waals surface area (Å²) in [4.78, 5) is 6.45. The van der Waals surface area contributed by atoms with Crippen molar-refractivity contribution in [2.24, 2.45) is 0 Å². The van der Waals surface area contributed by atoms with Crippen molar-refractivity contribution in [2.75, 3.05) is 13.2 Å². The molecule has 3 aromatic rings. The molecule has 3 nitrogen and oxygen atoms in total. The van der Waals surface area contributed by atoms with Crippen molar-refractivity contribution in [3.8, 4) is 5.75 Å². The van der Waals surface area contributed by atoms with Crippen molar-refractivity contribution in [3.05, 3.63) is 65.9 Å². The van der Waals surface area contributed by atoms with E-state index in [4.69, 9.17) is 4.74 Å². The van der Waals surface area contributed by atoms with Gasteiger partial charge in [0.1, 0.15) is 5.75 Å². The minimum Gasteiger partial charge on any atom is -0.494 e. The fraction of sp³-hybridized carbons (Fsp3) is 0.391. The lowest BCUT2D eigenvalue weighted by Crippen LogP contribution is -2.38. The van der Waals surface area contributed by atoms with Crippen LogP contribution in [0.15, 0.2) is 54.6 Å². The molecule has 0 saturated carbocycles. The minimum atomic E-state index is 0.606. The topological polar surface area (TPSA) is 28.3 Å². The maximum Gasteiger partial charge on any atom is 0.119 e. The molecule has 134 valence electrons. The van der Waals surface area contributed by atoms with Crippen molar-refractivity contribution in [3.63, 3.8) is 0 Å². The van der Waals surface area contributed by atoms with E-state index in [0.29, 0.717) is 6.04 Å². The Labute approximate surface area is 155 Å². The highest BCUT2D eigenvalue weighted by atomic mass is 16.5. The van der Waals surface area contributed by atoms with E-state index >= 15 is 0 Å². The van der Waals surface area contributed by atoms with Gasteiger partial charge in [0.05, 0.1) is 6.61 Å².